The summed E-state index contributed by atoms with van der Waals surface area (Å²) in [4.78, 5) is 48.1. The molecule has 0 saturated carbocycles. The highest BCUT2D eigenvalue weighted by Crippen LogP contribution is 2.13. The zero-order chi connectivity index (χ0) is 18.9. The maximum absolute atomic E-state index is 11.9. The maximum atomic E-state index is 11.9. The molecule has 0 saturated heterocycles. The molecule has 138 valence electrons. The van der Waals surface area contributed by atoms with Gasteiger partial charge in [-0.2, -0.15) is 5.10 Å². The highest BCUT2D eigenvalue weighted by Gasteiger charge is 2.10. The van der Waals surface area contributed by atoms with Crippen LogP contribution in [0.2, 0.25) is 0 Å². The molecule has 3 N–H and O–H groups in total. The van der Waals surface area contributed by atoms with Crippen LogP contribution in [0.25, 0.3) is 0 Å². The maximum Gasteiger partial charge on any atom is 0.342 e. The lowest BCUT2D eigenvalue weighted by molar-refractivity contribution is -0.113. The molecule has 0 spiro atoms. The number of nitrogens with zero attached hydrogens (tertiary/aromatic N) is 1. The molecule has 0 radical (unpaired) electrons. The smallest absolute Gasteiger partial charge is 0.342 e. The van der Waals surface area contributed by atoms with E-state index >= 15 is 0 Å². The molecule has 0 atom stereocenters. The van der Waals surface area contributed by atoms with Crippen LogP contribution >= 0.6 is 11.8 Å². The summed E-state index contributed by atoms with van der Waals surface area (Å²) in [6, 6.07) is 6.30. The number of aromatic amines is 2. The number of hydrogen-bond donors (Lipinski definition) is 3. The summed E-state index contributed by atoms with van der Waals surface area (Å²) in [6.07, 6.45) is 1.75. The Balaban J connectivity index is 1.86. The first-order valence-corrected chi connectivity index (χ1v) is 8.87. The molecule has 0 aliphatic rings. The van der Waals surface area contributed by atoms with Crippen LogP contribution < -0.4 is 16.6 Å². The number of benzene rings is 1. The van der Waals surface area contributed by atoms with Gasteiger partial charge in [0.15, 0.2) is 5.03 Å². The number of esters is 1. The molecule has 9 nitrogen and oxygen atoms in total. The van der Waals surface area contributed by atoms with Crippen LogP contribution in [0.4, 0.5) is 5.69 Å². The number of aromatic nitrogens is 3. The summed E-state index contributed by atoms with van der Waals surface area (Å²) in [5, 5.41) is 8.29. The van der Waals surface area contributed by atoms with Crippen LogP contribution in [0, 0.1) is 0 Å². The van der Waals surface area contributed by atoms with Crippen LogP contribution in [0.15, 0.2) is 38.9 Å². The summed E-state index contributed by atoms with van der Waals surface area (Å²) < 4.78 is 5.10. The lowest BCUT2D eigenvalue weighted by Gasteiger charge is -2.07. The molecular formula is C16H18N4O5S. The molecule has 0 bridgehead atoms. The Morgan fingerprint density at radius 1 is 1.23 bits per heavy atom. The predicted molar refractivity (Wildman–Crippen MR) is 96.5 cm³/mol. The van der Waals surface area contributed by atoms with Gasteiger partial charge in [0.1, 0.15) is 0 Å². The van der Waals surface area contributed by atoms with Crippen molar-refractivity contribution in [2.24, 2.45) is 0 Å². The van der Waals surface area contributed by atoms with Gasteiger partial charge in [-0.1, -0.05) is 25.1 Å². The molecule has 1 aromatic heterocycles. The fourth-order valence-corrected chi connectivity index (χ4v) is 2.48. The SMILES string of the molecule is CCCCOC(=O)c1ccc(NC(=O)CSc2n[nH]c(=O)[nH]c2=O)cc1. The van der Waals surface area contributed by atoms with Crippen molar-refractivity contribution in [1.29, 1.82) is 0 Å². The Bertz CT molecular complexity index is 875. The van der Waals surface area contributed by atoms with Gasteiger partial charge in [0.2, 0.25) is 5.91 Å². The van der Waals surface area contributed by atoms with E-state index in [-0.39, 0.29) is 16.7 Å². The van der Waals surface area contributed by atoms with E-state index in [1.165, 1.54) is 0 Å². The number of unbranched alkanes of at least 4 members (excludes halogenated alkanes) is 1. The summed E-state index contributed by atoms with van der Waals surface area (Å²) >= 11 is 0.891. The highest BCUT2D eigenvalue weighted by molar-refractivity contribution is 7.99. The molecule has 0 aliphatic carbocycles. The molecular weight excluding hydrogens is 360 g/mol. The van der Waals surface area contributed by atoms with Crippen molar-refractivity contribution in [3.05, 3.63) is 50.7 Å². The fourth-order valence-electron chi connectivity index (χ4n) is 1.85. The zero-order valence-corrected chi connectivity index (χ0v) is 14.9. The molecule has 0 unspecified atom stereocenters. The number of carbonyl (C=O) groups excluding carboxylic acids is 2. The Kier molecular flexibility index (Phi) is 7.15. The molecule has 26 heavy (non-hydrogen) atoms. The van der Waals surface area contributed by atoms with Crippen molar-refractivity contribution in [2.75, 3.05) is 17.7 Å². The highest BCUT2D eigenvalue weighted by atomic mass is 32.2. The van der Waals surface area contributed by atoms with Crippen molar-refractivity contribution in [2.45, 2.75) is 24.8 Å². The third kappa shape index (κ3) is 5.88. The normalized spacial score (nSPS) is 10.3. The van der Waals surface area contributed by atoms with Crippen LogP contribution in [-0.2, 0) is 9.53 Å². The largest absolute Gasteiger partial charge is 0.462 e. The molecule has 0 fully saturated rings. The monoisotopic (exact) mass is 378 g/mol. The summed E-state index contributed by atoms with van der Waals surface area (Å²) in [5.41, 5.74) is -0.462. The Morgan fingerprint density at radius 2 is 1.96 bits per heavy atom. The number of rotatable bonds is 8. The molecule has 1 amide bonds. The van der Waals surface area contributed by atoms with E-state index in [1.807, 2.05) is 11.9 Å². The van der Waals surface area contributed by atoms with E-state index in [0.717, 1.165) is 24.6 Å². The predicted octanol–water partition coefficient (Wildman–Crippen LogP) is 1.15. The van der Waals surface area contributed by atoms with Gasteiger partial charge in [-0.3, -0.25) is 14.6 Å². The molecule has 10 heteroatoms. The first-order valence-electron chi connectivity index (χ1n) is 7.88. The van der Waals surface area contributed by atoms with E-state index in [1.54, 1.807) is 24.3 Å². The second-order valence-corrected chi connectivity index (χ2v) is 6.18. The minimum atomic E-state index is -0.711. The Hall–Kier alpha value is -2.88. The second kappa shape index (κ2) is 9.56. The van der Waals surface area contributed by atoms with Crippen molar-refractivity contribution < 1.29 is 14.3 Å². The average Bonchev–Trinajstić information content (AvgIpc) is 2.61. The van der Waals surface area contributed by atoms with Gasteiger partial charge in [-0.15, -0.1) is 0 Å². The standard InChI is InChI=1S/C16H18N4O5S/c1-2-3-8-25-15(23)10-4-6-11(7-5-10)17-12(21)9-26-14-13(22)18-16(24)20-19-14/h4-7H,2-3,8-9H2,1H3,(H,17,21)(H2,18,20,22,24). The number of ether oxygens (including phenoxy) is 1. The Morgan fingerprint density at radius 3 is 2.62 bits per heavy atom. The number of H-pyrrole nitrogens is 2. The number of thioether (sulfide) groups is 1. The van der Waals surface area contributed by atoms with E-state index in [9.17, 15) is 19.2 Å². The van der Waals surface area contributed by atoms with Gasteiger partial charge >= 0.3 is 11.7 Å². The summed E-state index contributed by atoms with van der Waals surface area (Å²) in [5.74, 6) is -0.834. The van der Waals surface area contributed by atoms with Crippen LogP contribution in [0.3, 0.4) is 0 Å². The van der Waals surface area contributed by atoms with E-state index in [2.05, 4.69) is 15.5 Å². The Labute approximate surface area is 152 Å². The minimum absolute atomic E-state index is 0.00933. The van der Waals surface area contributed by atoms with Crippen molar-refractivity contribution in [3.8, 4) is 0 Å². The number of carbonyl (C=O) groups is 2. The van der Waals surface area contributed by atoms with Crippen molar-refractivity contribution in [1.82, 2.24) is 15.2 Å². The molecule has 1 aromatic carbocycles. The number of amides is 1. The first kappa shape index (κ1) is 19.4. The zero-order valence-electron chi connectivity index (χ0n) is 14.0. The van der Waals surface area contributed by atoms with Crippen LogP contribution in [0.5, 0.6) is 0 Å². The topological polar surface area (TPSA) is 134 Å². The third-order valence-corrected chi connectivity index (χ3v) is 4.11. The minimum Gasteiger partial charge on any atom is -0.462 e. The number of hydrogen-bond acceptors (Lipinski definition) is 7. The quantitative estimate of drug-likeness (QED) is 0.356. The van der Waals surface area contributed by atoms with Gasteiger partial charge in [-0.25, -0.2) is 14.7 Å². The lowest BCUT2D eigenvalue weighted by atomic mass is 10.2. The summed E-state index contributed by atoms with van der Waals surface area (Å²) in [7, 11) is 0. The number of nitrogens with one attached hydrogen (secondary N) is 3. The number of anilines is 1. The molecule has 2 rings (SSSR count). The van der Waals surface area contributed by atoms with Gasteiger partial charge in [0.05, 0.1) is 17.9 Å². The van der Waals surface area contributed by atoms with Crippen LogP contribution in [0.1, 0.15) is 30.1 Å². The van der Waals surface area contributed by atoms with Crippen molar-refractivity contribution in [3.63, 3.8) is 0 Å². The molecule has 2 aromatic rings. The van der Waals surface area contributed by atoms with Gasteiger partial charge in [-0.05, 0) is 30.7 Å². The average molecular weight is 378 g/mol. The van der Waals surface area contributed by atoms with Gasteiger partial charge in [0, 0.05) is 5.69 Å². The lowest BCUT2D eigenvalue weighted by Crippen LogP contribution is -2.25. The van der Waals surface area contributed by atoms with E-state index in [0.29, 0.717) is 17.9 Å². The van der Waals surface area contributed by atoms with Crippen molar-refractivity contribution >= 4 is 29.3 Å². The van der Waals surface area contributed by atoms with E-state index < -0.39 is 17.2 Å². The van der Waals surface area contributed by atoms with Gasteiger partial charge < -0.3 is 10.1 Å². The first-order chi connectivity index (χ1) is 12.5. The fraction of sp³-hybridized carbons (Fsp3) is 0.312. The van der Waals surface area contributed by atoms with Crippen LogP contribution in [-0.4, -0.2) is 39.4 Å². The second-order valence-electron chi connectivity index (χ2n) is 5.22. The molecule has 1 heterocycles. The van der Waals surface area contributed by atoms with E-state index in [4.69, 9.17) is 4.74 Å². The molecule has 0 aliphatic heterocycles. The third-order valence-electron chi connectivity index (χ3n) is 3.16. The summed E-state index contributed by atoms with van der Waals surface area (Å²) in [6.45, 7) is 2.38. The van der Waals surface area contributed by atoms with Gasteiger partial charge in [0.25, 0.3) is 5.56 Å².